The number of aromatic nitrogens is 2. The molecule has 0 amide bonds. The first kappa shape index (κ1) is 13.6. The smallest absolute Gasteiger partial charge is 0.159 e. The van der Waals surface area contributed by atoms with E-state index in [1.54, 1.807) is 0 Å². The summed E-state index contributed by atoms with van der Waals surface area (Å²) in [5, 5.41) is 13.8. The summed E-state index contributed by atoms with van der Waals surface area (Å²) in [4.78, 5) is 0. The lowest BCUT2D eigenvalue weighted by atomic mass is 10.2. The van der Waals surface area contributed by atoms with Crippen molar-refractivity contribution in [1.82, 2.24) is 10.2 Å². The van der Waals surface area contributed by atoms with E-state index in [0.29, 0.717) is 5.15 Å². The summed E-state index contributed by atoms with van der Waals surface area (Å²) in [6, 6.07) is 7.88. The highest BCUT2D eigenvalue weighted by Gasteiger charge is 2.20. The molecule has 1 N–H and O–H groups in total. The van der Waals surface area contributed by atoms with Gasteiger partial charge in [0.2, 0.25) is 0 Å². The molecule has 1 aliphatic carbocycles. The minimum atomic E-state index is 0.443. The number of nitrogens with zero attached hydrogens (tertiary/aromatic N) is 2. The van der Waals surface area contributed by atoms with Gasteiger partial charge >= 0.3 is 0 Å². The summed E-state index contributed by atoms with van der Waals surface area (Å²) in [6.45, 7) is 2.54. The normalized spacial score (nSPS) is 14.7. The van der Waals surface area contributed by atoms with E-state index in [4.69, 9.17) is 16.3 Å². The number of anilines is 1. The van der Waals surface area contributed by atoms with Crippen LogP contribution >= 0.6 is 11.6 Å². The molecule has 0 bridgehead atoms. The fourth-order valence-electron chi connectivity index (χ4n) is 2.12. The largest absolute Gasteiger partial charge is 0.381 e. The number of nitrogens with one attached hydrogen (secondary N) is 1. The minimum Gasteiger partial charge on any atom is -0.381 e. The van der Waals surface area contributed by atoms with Gasteiger partial charge in [-0.2, -0.15) is 0 Å². The molecule has 0 atom stereocenters. The van der Waals surface area contributed by atoms with Crippen LogP contribution in [0.5, 0.6) is 0 Å². The number of halogens is 1. The Bertz CT molecular complexity index is 586. The summed E-state index contributed by atoms with van der Waals surface area (Å²) in [7, 11) is 0. The average Bonchev–Trinajstić information content (AvgIpc) is 3.29. The lowest BCUT2D eigenvalue weighted by Gasteiger charge is -2.09. The molecule has 5 heteroatoms. The minimum absolute atomic E-state index is 0.443. The first-order chi connectivity index (χ1) is 9.84. The summed E-state index contributed by atoms with van der Waals surface area (Å²) in [6.07, 6.45) is 3.64. The van der Waals surface area contributed by atoms with Crippen molar-refractivity contribution >= 4 is 28.2 Å². The van der Waals surface area contributed by atoms with Crippen LogP contribution in [0.4, 0.5) is 5.82 Å². The van der Waals surface area contributed by atoms with Gasteiger partial charge in [-0.05, 0) is 25.2 Å². The van der Waals surface area contributed by atoms with E-state index in [1.807, 2.05) is 24.3 Å². The summed E-state index contributed by atoms with van der Waals surface area (Å²) >= 11 is 6.05. The first-order valence-corrected chi connectivity index (χ1v) is 7.45. The van der Waals surface area contributed by atoms with Crippen molar-refractivity contribution in [2.24, 2.45) is 5.92 Å². The molecule has 1 heterocycles. The quantitative estimate of drug-likeness (QED) is 0.793. The molecule has 1 aromatic heterocycles. The maximum Gasteiger partial charge on any atom is 0.159 e. The van der Waals surface area contributed by atoms with Crippen LogP contribution in [0.15, 0.2) is 24.3 Å². The molecule has 2 aromatic rings. The highest BCUT2D eigenvalue weighted by molar-refractivity contribution is 6.34. The van der Waals surface area contributed by atoms with E-state index in [0.717, 1.165) is 48.7 Å². The second-order valence-electron chi connectivity index (χ2n) is 5.18. The van der Waals surface area contributed by atoms with Crippen LogP contribution in [0.25, 0.3) is 10.8 Å². The van der Waals surface area contributed by atoms with E-state index in [-0.39, 0.29) is 0 Å². The third kappa shape index (κ3) is 3.38. The number of benzene rings is 1. The van der Waals surface area contributed by atoms with Crippen molar-refractivity contribution in [1.29, 1.82) is 0 Å². The van der Waals surface area contributed by atoms with Crippen molar-refractivity contribution in [2.45, 2.75) is 19.3 Å². The summed E-state index contributed by atoms with van der Waals surface area (Å²) in [5.74, 6) is 1.61. The fraction of sp³-hybridized carbons (Fsp3) is 0.467. The number of fused-ring (bicyclic) bond motifs is 1. The van der Waals surface area contributed by atoms with Gasteiger partial charge in [0, 0.05) is 30.5 Å². The molecule has 106 valence electrons. The van der Waals surface area contributed by atoms with Crippen molar-refractivity contribution in [3.8, 4) is 0 Å². The Kier molecular flexibility index (Phi) is 4.33. The lowest BCUT2D eigenvalue weighted by Crippen LogP contribution is -2.08. The van der Waals surface area contributed by atoms with E-state index < -0.39 is 0 Å². The maximum atomic E-state index is 6.05. The molecule has 0 radical (unpaired) electrons. The van der Waals surface area contributed by atoms with Crippen LogP contribution in [0.2, 0.25) is 5.15 Å². The van der Waals surface area contributed by atoms with Crippen LogP contribution in [-0.4, -0.2) is 30.0 Å². The molecule has 1 saturated carbocycles. The third-order valence-electron chi connectivity index (χ3n) is 3.45. The number of hydrogen-bond donors (Lipinski definition) is 1. The third-order valence-corrected chi connectivity index (χ3v) is 3.73. The molecular weight excluding hydrogens is 274 g/mol. The Morgan fingerprint density at radius 1 is 1.20 bits per heavy atom. The molecule has 3 rings (SSSR count). The zero-order valence-corrected chi connectivity index (χ0v) is 12.1. The van der Waals surface area contributed by atoms with Crippen LogP contribution in [0, 0.1) is 5.92 Å². The highest BCUT2D eigenvalue weighted by Crippen LogP contribution is 2.28. The molecule has 0 unspecified atom stereocenters. The highest BCUT2D eigenvalue weighted by atomic mass is 35.5. The van der Waals surface area contributed by atoms with Gasteiger partial charge in [-0.15, -0.1) is 10.2 Å². The molecule has 4 nitrogen and oxygen atoms in total. The Balaban J connectivity index is 1.53. The molecule has 1 aliphatic rings. The van der Waals surface area contributed by atoms with Crippen LogP contribution in [-0.2, 0) is 4.74 Å². The van der Waals surface area contributed by atoms with E-state index >= 15 is 0 Å². The zero-order chi connectivity index (χ0) is 13.8. The SMILES string of the molecule is Clc1nnc(NCCCOCC2CC2)c2ccccc12. The second-order valence-corrected chi connectivity index (χ2v) is 5.54. The van der Waals surface area contributed by atoms with Crippen molar-refractivity contribution in [3.05, 3.63) is 29.4 Å². The van der Waals surface area contributed by atoms with Gasteiger partial charge in [0.05, 0.1) is 0 Å². The van der Waals surface area contributed by atoms with Gasteiger partial charge in [0.1, 0.15) is 0 Å². The van der Waals surface area contributed by atoms with E-state index in [1.165, 1.54) is 12.8 Å². The van der Waals surface area contributed by atoms with Crippen molar-refractivity contribution < 1.29 is 4.74 Å². The summed E-state index contributed by atoms with van der Waals surface area (Å²) in [5.41, 5.74) is 0. The Hall–Kier alpha value is -1.39. The van der Waals surface area contributed by atoms with Gasteiger partial charge in [-0.25, -0.2) is 0 Å². The first-order valence-electron chi connectivity index (χ1n) is 7.07. The second kappa shape index (κ2) is 6.37. The Morgan fingerprint density at radius 2 is 2.00 bits per heavy atom. The number of hydrogen-bond acceptors (Lipinski definition) is 4. The molecule has 0 spiro atoms. The van der Waals surface area contributed by atoms with Gasteiger partial charge < -0.3 is 10.1 Å². The standard InChI is InChI=1S/C15H18ClN3O/c16-14-12-4-1-2-5-13(12)15(19-18-14)17-8-3-9-20-10-11-6-7-11/h1-2,4-5,11H,3,6-10H2,(H,17,19). The van der Waals surface area contributed by atoms with E-state index in [9.17, 15) is 0 Å². The average molecular weight is 292 g/mol. The van der Waals surface area contributed by atoms with Crippen LogP contribution in [0.1, 0.15) is 19.3 Å². The molecule has 0 saturated heterocycles. The van der Waals surface area contributed by atoms with Crippen molar-refractivity contribution in [3.63, 3.8) is 0 Å². The molecule has 0 aliphatic heterocycles. The van der Waals surface area contributed by atoms with Gasteiger partial charge in [0.15, 0.2) is 11.0 Å². The Morgan fingerprint density at radius 3 is 2.80 bits per heavy atom. The summed E-state index contributed by atoms with van der Waals surface area (Å²) < 4.78 is 5.60. The van der Waals surface area contributed by atoms with Crippen LogP contribution < -0.4 is 5.32 Å². The van der Waals surface area contributed by atoms with Gasteiger partial charge in [-0.1, -0.05) is 35.9 Å². The number of ether oxygens (including phenoxy) is 1. The predicted molar refractivity (Wildman–Crippen MR) is 81.2 cm³/mol. The van der Waals surface area contributed by atoms with Crippen molar-refractivity contribution in [2.75, 3.05) is 25.1 Å². The Labute approximate surface area is 123 Å². The maximum absolute atomic E-state index is 6.05. The number of rotatable bonds is 7. The zero-order valence-electron chi connectivity index (χ0n) is 11.3. The fourth-order valence-corrected chi connectivity index (χ4v) is 2.32. The predicted octanol–water partition coefficient (Wildman–Crippen LogP) is 3.51. The topological polar surface area (TPSA) is 47.0 Å². The van der Waals surface area contributed by atoms with E-state index in [2.05, 4.69) is 15.5 Å². The monoisotopic (exact) mass is 291 g/mol. The molecular formula is C15H18ClN3O. The van der Waals surface area contributed by atoms with Gasteiger partial charge in [-0.3, -0.25) is 0 Å². The molecule has 1 fully saturated rings. The molecule has 1 aromatic carbocycles. The molecule has 20 heavy (non-hydrogen) atoms. The van der Waals surface area contributed by atoms with Gasteiger partial charge in [0.25, 0.3) is 0 Å². The van der Waals surface area contributed by atoms with Crippen LogP contribution in [0.3, 0.4) is 0 Å². The lowest BCUT2D eigenvalue weighted by molar-refractivity contribution is 0.124.